The van der Waals surface area contributed by atoms with E-state index in [-0.39, 0.29) is 5.91 Å². The molecule has 0 spiro atoms. The number of ether oxygens (including phenoxy) is 3. The third-order valence-corrected chi connectivity index (χ3v) is 3.34. The average molecular weight is 336 g/mol. The fourth-order valence-electron chi connectivity index (χ4n) is 2.05. The molecule has 2 rings (SSSR count). The van der Waals surface area contributed by atoms with E-state index in [0.717, 1.165) is 0 Å². The number of nitrogens with one attached hydrogen (secondary N) is 1. The van der Waals surface area contributed by atoms with Crippen molar-refractivity contribution < 1.29 is 19.0 Å². The molecule has 0 atom stereocenters. The molecule has 2 aromatic rings. The third kappa shape index (κ3) is 4.53. The number of amides is 1. The molecule has 122 valence electrons. The molecule has 0 fully saturated rings. The highest BCUT2D eigenvalue weighted by molar-refractivity contribution is 6.30. The largest absolute Gasteiger partial charge is 0.496 e. The summed E-state index contributed by atoms with van der Waals surface area (Å²) in [6, 6.07) is 12.3. The van der Waals surface area contributed by atoms with Crippen LogP contribution in [0.25, 0.3) is 0 Å². The Morgan fingerprint density at radius 1 is 1.09 bits per heavy atom. The van der Waals surface area contributed by atoms with Gasteiger partial charge in [-0.3, -0.25) is 4.79 Å². The van der Waals surface area contributed by atoms with Gasteiger partial charge in [0.25, 0.3) is 5.91 Å². The van der Waals surface area contributed by atoms with Crippen LogP contribution in [-0.4, -0.2) is 33.3 Å². The van der Waals surface area contributed by atoms with Crippen molar-refractivity contribution in [1.29, 1.82) is 0 Å². The van der Waals surface area contributed by atoms with Crippen LogP contribution in [0, 0.1) is 0 Å². The predicted octanol–water partition coefficient (Wildman–Crippen LogP) is 3.17. The Labute approximate surface area is 140 Å². The Hall–Kier alpha value is -2.40. The lowest BCUT2D eigenvalue weighted by Crippen LogP contribution is -2.28. The van der Waals surface area contributed by atoms with Gasteiger partial charge in [-0.2, -0.15) is 0 Å². The molecule has 0 unspecified atom stereocenters. The summed E-state index contributed by atoms with van der Waals surface area (Å²) in [4.78, 5) is 12.3. The first-order valence-corrected chi connectivity index (χ1v) is 7.41. The van der Waals surface area contributed by atoms with Crippen molar-refractivity contribution in [2.75, 3.05) is 27.4 Å². The van der Waals surface area contributed by atoms with Gasteiger partial charge in [0.15, 0.2) is 0 Å². The molecule has 23 heavy (non-hydrogen) atoms. The maximum atomic E-state index is 12.3. The quantitative estimate of drug-likeness (QED) is 0.790. The minimum absolute atomic E-state index is 0.283. The van der Waals surface area contributed by atoms with Gasteiger partial charge >= 0.3 is 0 Å². The van der Waals surface area contributed by atoms with Gasteiger partial charge in [-0.05, 0) is 30.3 Å². The van der Waals surface area contributed by atoms with Gasteiger partial charge in [-0.1, -0.05) is 23.7 Å². The van der Waals surface area contributed by atoms with Crippen LogP contribution in [0.3, 0.4) is 0 Å². The van der Waals surface area contributed by atoms with E-state index in [1.807, 2.05) is 0 Å². The van der Waals surface area contributed by atoms with E-state index in [1.165, 1.54) is 14.2 Å². The van der Waals surface area contributed by atoms with Crippen LogP contribution < -0.4 is 19.5 Å². The minimum atomic E-state index is -0.283. The van der Waals surface area contributed by atoms with Crippen molar-refractivity contribution in [3.8, 4) is 17.2 Å². The van der Waals surface area contributed by atoms with E-state index in [1.54, 1.807) is 42.5 Å². The zero-order valence-corrected chi connectivity index (χ0v) is 13.7. The van der Waals surface area contributed by atoms with Crippen LogP contribution in [0.15, 0.2) is 42.5 Å². The SMILES string of the molecule is COc1cccc(OC)c1C(=O)NCCOc1cccc(Cl)c1. The summed E-state index contributed by atoms with van der Waals surface area (Å²) >= 11 is 5.88. The summed E-state index contributed by atoms with van der Waals surface area (Å²) in [6.07, 6.45) is 0. The molecule has 0 aliphatic rings. The summed E-state index contributed by atoms with van der Waals surface area (Å²) < 4.78 is 15.9. The van der Waals surface area contributed by atoms with Crippen LogP contribution in [0.5, 0.6) is 17.2 Å². The highest BCUT2D eigenvalue weighted by atomic mass is 35.5. The lowest BCUT2D eigenvalue weighted by molar-refractivity contribution is 0.0940. The molecule has 1 N–H and O–H groups in total. The Bertz CT molecular complexity index is 653. The van der Waals surface area contributed by atoms with Gasteiger partial charge in [0.05, 0.1) is 20.8 Å². The standard InChI is InChI=1S/C17H18ClNO4/c1-21-14-7-4-8-15(22-2)16(14)17(20)19-9-10-23-13-6-3-5-12(18)11-13/h3-8,11H,9-10H2,1-2H3,(H,19,20). The Kier molecular flexibility index (Phi) is 6.11. The van der Waals surface area contributed by atoms with Crippen molar-refractivity contribution >= 4 is 17.5 Å². The van der Waals surface area contributed by atoms with Crippen LogP contribution in [0.1, 0.15) is 10.4 Å². The highest BCUT2D eigenvalue weighted by Gasteiger charge is 2.17. The molecule has 0 aromatic heterocycles. The van der Waals surface area contributed by atoms with E-state index in [2.05, 4.69) is 5.32 Å². The van der Waals surface area contributed by atoms with Gasteiger partial charge in [-0.15, -0.1) is 0 Å². The minimum Gasteiger partial charge on any atom is -0.496 e. The number of carbonyl (C=O) groups is 1. The van der Waals surface area contributed by atoms with Crippen LogP contribution in [0.4, 0.5) is 0 Å². The first-order valence-electron chi connectivity index (χ1n) is 7.03. The van der Waals surface area contributed by atoms with Gasteiger partial charge in [0, 0.05) is 5.02 Å². The molecule has 0 bridgehead atoms. The Balaban J connectivity index is 1.92. The molecule has 1 amide bonds. The van der Waals surface area contributed by atoms with E-state index in [0.29, 0.717) is 41.0 Å². The second kappa shape index (κ2) is 8.29. The van der Waals surface area contributed by atoms with Crippen molar-refractivity contribution in [3.05, 3.63) is 53.1 Å². The van der Waals surface area contributed by atoms with E-state index in [9.17, 15) is 4.79 Å². The lowest BCUT2D eigenvalue weighted by atomic mass is 10.1. The molecule has 0 saturated carbocycles. The summed E-state index contributed by atoms with van der Waals surface area (Å²) in [5, 5.41) is 3.38. The van der Waals surface area contributed by atoms with Crippen LogP contribution >= 0.6 is 11.6 Å². The Morgan fingerprint density at radius 3 is 2.35 bits per heavy atom. The summed E-state index contributed by atoms with van der Waals surface area (Å²) in [6.45, 7) is 0.663. The van der Waals surface area contributed by atoms with Crippen LogP contribution in [-0.2, 0) is 0 Å². The smallest absolute Gasteiger partial charge is 0.258 e. The summed E-state index contributed by atoms with van der Waals surface area (Å²) in [5.74, 6) is 1.28. The third-order valence-electron chi connectivity index (χ3n) is 3.11. The number of rotatable bonds is 7. The fourth-order valence-corrected chi connectivity index (χ4v) is 2.23. The molecule has 0 aliphatic heterocycles. The van der Waals surface area contributed by atoms with E-state index >= 15 is 0 Å². The normalized spacial score (nSPS) is 10.0. The molecule has 0 saturated heterocycles. The highest BCUT2D eigenvalue weighted by Crippen LogP contribution is 2.27. The maximum Gasteiger partial charge on any atom is 0.258 e. The second-order valence-electron chi connectivity index (χ2n) is 4.60. The van der Waals surface area contributed by atoms with E-state index < -0.39 is 0 Å². The van der Waals surface area contributed by atoms with E-state index in [4.69, 9.17) is 25.8 Å². The number of methoxy groups -OCH3 is 2. The van der Waals surface area contributed by atoms with Crippen molar-refractivity contribution in [2.24, 2.45) is 0 Å². The fraction of sp³-hybridized carbons (Fsp3) is 0.235. The number of hydrogen-bond acceptors (Lipinski definition) is 4. The monoisotopic (exact) mass is 335 g/mol. The molecular formula is C17H18ClNO4. The van der Waals surface area contributed by atoms with Crippen molar-refractivity contribution in [1.82, 2.24) is 5.32 Å². The molecule has 0 radical (unpaired) electrons. The number of halogens is 1. The average Bonchev–Trinajstić information content (AvgIpc) is 2.57. The molecule has 5 nitrogen and oxygen atoms in total. The number of hydrogen-bond donors (Lipinski definition) is 1. The van der Waals surface area contributed by atoms with Crippen molar-refractivity contribution in [3.63, 3.8) is 0 Å². The molecule has 6 heteroatoms. The number of carbonyl (C=O) groups excluding carboxylic acids is 1. The predicted molar refractivity (Wildman–Crippen MR) is 88.8 cm³/mol. The van der Waals surface area contributed by atoms with Crippen molar-refractivity contribution in [2.45, 2.75) is 0 Å². The summed E-state index contributed by atoms with van der Waals surface area (Å²) in [7, 11) is 3.02. The molecule has 0 aliphatic carbocycles. The molecule has 0 heterocycles. The number of benzene rings is 2. The van der Waals surface area contributed by atoms with Crippen LogP contribution in [0.2, 0.25) is 5.02 Å². The first-order chi connectivity index (χ1) is 11.2. The molecule has 2 aromatic carbocycles. The summed E-state index contributed by atoms with van der Waals surface area (Å²) in [5.41, 5.74) is 0.361. The maximum absolute atomic E-state index is 12.3. The zero-order chi connectivity index (χ0) is 16.7. The molecular weight excluding hydrogens is 318 g/mol. The van der Waals surface area contributed by atoms with Gasteiger partial charge < -0.3 is 19.5 Å². The van der Waals surface area contributed by atoms with Gasteiger partial charge in [0.2, 0.25) is 0 Å². The Morgan fingerprint density at radius 2 is 1.74 bits per heavy atom. The lowest BCUT2D eigenvalue weighted by Gasteiger charge is -2.13. The van der Waals surface area contributed by atoms with Gasteiger partial charge in [-0.25, -0.2) is 0 Å². The zero-order valence-electron chi connectivity index (χ0n) is 13.0. The van der Waals surface area contributed by atoms with Gasteiger partial charge in [0.1, 0.15) is 29.4 Å². The first kappa shape index (κ1) is 17.0. The second-order valence-corrected chi connectivity index (χ2v) is 5.04. The topological polar surface area (TPSA) is 56.8 Å².